The molecule has 0 amide bonds. The smallest absolute Gasteiger partial charge is 0.260 e. The van der Waals surface area contributed by atoms with Crippen LogP contribution in [0.25, 0.3) is 33.1 Å². The number of hydrogen-bond donors (Lipinski definition) is 1. The van der Waals surface area contributed by atoms with Crippen molar-refractivity contribution >= 4 is 44.5 Å². The van der Waals surface area contributed by atoms with E-state index in [-0.39, 0.29) is 5.56 Å². The summed E-state index contributed by atoms with van der Waals surface area (Å²) in [6, 6.07) is 14.5. The van der Waals surface area contributed by atoms with Crippen LogP contribution < -0.4 is 5.56 Å². The molecule has 0 unspecified atom stereocenters. The Morgan fingerprint density at radius 1 is 1.00 bits per heavy atom. The van der Waals surface area contributed by atoms with Gasteiger partial charge in [-0.15, -0.1) is 11.3 Å². The summed E-state index contributed by atoms with van der Waals surface area (Å²) in [5, 5.41) is 3.21. The van der Waals surface area contributed by atoms with Gasteiger partial charge in [-0.05, 0) is 53.7 Å². The summed E-state index contributed by atoms with van der Waals surface area (Å²) < 4.78 is 0. The molecule has 1 aliphatic rings. The minimum absolute atomic E-state index is 0.00744. The summed E-state index contributed by atoms with van der Waals surface area (Å²) >= 11 is 1.69. The van der Waals surface area contributed by atoms with E-state index in [0.717, 1.165) is 28.6 Å². The summed E-state index contributed by atoms with van der Waals surface area (Å²) in [5.41, 5.74) is 2.35. The molecule has 26 heavy (non-hydrogen) atoms. The van der Waals surface area contributed by atoms with Crippen molar-refractivity contribution in [1.29, 1.82) is 0 Å². The van der Waals surface area contributed by atoms with E-state index in [0.29, 0.717) is 5.82 Å². The second kappa shape index (κ2) is 6.22. The van der Waals surface area contributed by atoms with Gasteiger partial charge in [0.1, 0.15) is 10.7 Å². The summed E-state index contributed by atoms with van der Waals surface area (Å²) in [7, 11) is 0. The van der Waals surface area contributed by atoms with Gasteiger partial charge >= 0.3 is 0 Å². The summed E-state index contributed by atoms with van der Waals surface area (Å²) in [4.78, 5) is 22.5. The second-order valence-corrected chi connectivity index (χ2v) is 7.83. The van der Waals surface area contributed by atoms with Crippen molar-refractivity contribution in [2.75, 3.05) is 0 Å². The number of aryl methyl sites for hydroxylation is 2. The number of H-pyrrole nitrogens is 1. The fourth-order valence-electron chi connectivity index (χ4n) is 3.82. The van der Waals surface area contributed by atoms with Crippen LogP contribution in [0.15, 0.2) is 47.3 Å². The van der Waals surface area contributed by atoms with Crippen molar-refractivity contribution in [1.82, 2.24) is 9.97 Å². The number of benzene rings is 2. The van der Waals surface area contributed by atoms with Gasteiger partial charge in [0.05, 0.1) is 5.39 Å². The Labute approximate surface area is 155 Å². The standard InChI is InChI=1S/C22H18N2OS/c25-21-20-17-10-3-4-11-18(17)26-22(20)24-19(23-21)13-12-15-8-5-7-14-6-1-2-9-16(14)15/h1-2,5-9,12-13H,3-4,10-11H2,(H,23,24,25). The number of nitrogens with one attached hydrogen (secondary N) is 1. The van der Waals surface area contributed by atoms with E-state index in [1.165, 1.54) is 34.1 Å². The molecule has 2 heterocycles. The van der Waals surface area contributed by atoms with Gasteiger partial charge in [0.25, 0.3) is 5.56 Å². The number of rotatable bonds is 2. The highest BCUT2D eigenvalue weighted by Crippen LogP contribution is 2.33. The molecule has 0 saturated carbocycles. The molecule has 0 bridgehead atoms. The van der Waals surface area contributed by atoms with Crippen molar-refractivity contribution < 1.29 is 0 Å². The van der Waals surface area contributed by atoms with Crippen LogP contribution in [0.3, 0.4) is 0 Å². The molecule has 0 radical (unpaired) electrons. The van der Waals surface area contributed by atoms with Gasteiger partial charge in [0.2, 0.25) is 0 Å². The Kier molecular flexibility index (Phi) is 3.71. The highest BCUT2D eigenvalue weighted by molar-refractivity contribution is 7.18. The predicted molar refractivity (Wildman–Crippen MR) is 110 cm³/mol. The Balaban J connectivity index is 1.59. The molecule has 0 spiro atoms. The maximum Gasteiger partial charge on any atom is 0.260 e. The fraction of sp³-hybridized carbons (Fsp3) is 0.182. The van der Waals surface area contributed by atoms with Crippen LogP contribution in [0.2, 0.25) is 0 Å². The Morgan fingerprint density at radius 2 is 1.85 bits per heavy atom. The summed E-state index contributed by atoms with van der Waals surface area (Å²) in [6.07, 6.45) is 8.40. The van der Waals surface area contributed by atoms with Crippen molar-refractivity contribution in [2.45, 2.75) is 25.7 Å². The van der Waals surface area contributed by atoms with E-state index in [4.69, 9.17) is 4.98 Å². The molecule has 1 aliphatic carbocycles. The van der Waals surface area contributed by atoms with Crippen molar-refractivity contribution in [3.8, 4) is 0 Å². The molecular weight excluding hydrogens is 340 g/mol. The third kappa shape index (κ3) is 2.58. The molecule has 5 rings (SSSR count). The third-order valence-electron chi connectivity index (χ3n) is 5.09. The monoisotopic (exact) mass is 358 g/mol. The number of nitrogens with zero attached hydrogens (tertiary/aromatic N) is 1. The zero-order valence-corrected chi connectivity index (χ0v) is 15.1. The van der Waals surface area contributed by atoms with E-state index in [1.807, 2.05) is 24.3 Å². The predicted octanol–water partition coefficient (Wildman–Crippen LogP) is 5.19. The zero-order valence-electron chi connectivity index (χ0n) is 14.3. The zero-order chi connectivity index (χ0) is 17.5. The molecule has 0 aliphatic heterocycles. The van der Waals surface area contributed by atoms with Gasteiger partial charge in [-0.25, -0.2) is 4.98 Å². The average molecular weight is 358 g/mol. The van der Waals surface area contributed by atoms with Crippen molar-refractivity contribution in [3.05, 3.63) is 74.6 Å². The number of thiophene rings is 1. The van der Waals surface area contributed by atoms with Crippen LogP contribution in [0.5, 0.6) is 0 Å². The van der Waals surface area contributed by atoms with Crippen LogP contribution >= 0.6 is 11.3 Å². The van der Waals surface area contributed by atoms with Gasteiger partial charge < -0.3 is 4.98 Å². The average Bonchev–Trinajstić information content (AvgIpc) is 3.05. The first kappa shape index (κ1) is 15.5. The molecule has 0 fully saturated rings. The number of fused-ring (bicyclic) bond motifs is 4. The molecule has 128 valence electrons. The Bertz CT molecular complexity index is 1210. The van der Waals surface area contributed by atoms with Crippen molar-refractivity contribution in [3.63, 3.8) is 0 Å². The molecule has 0 atom stereocenters. The van der Waals surface area contributed by atoms with Crippen LogP contribution in [-0.4, -0.2) is 9.97 Å². The maximum atomic E-state index is 12.6. The normalized spacial score (nSPS) is 14.3. The lowest BCUT2D eigenvalue weighted by molar-refractivity contribution is 0.700. The first-order valence-corrected chi connectivity index (χ1v) is 9.82. The van der Waals surface area contributed by atoms with E-state index in [1.54, 1.807) is 11.3 Å². The highest BCUT2D eigenvalue weighted by Gasteiger charge is 2.19. The minimum atomic E-state index is -0.00744. The maximum absolute atomic E-state index is 12.6. The lowest BCUT2D eigenvalue weighted by Crippen LogP contribution is -2.11. The molecular formula is C22H18N2OS. The minimum Gasteiger partial charge on any atom is -0.306 e. The first-order chi connectivity index (χ1) is 12.8. The number of hydrogen-bond acceptors (Lipinski definition) is 3. The fourth-order valence-corrected chi connectivity index (χ4v) is 5.09. The highest BCUT2D eigenvalue weighted by atomic mass is 32.1. The van der Waals surface area contributed by atoms with Gasteiger partial charge in [-0.1, -0.05) is 48.5 Å². The lowest BCUT2D eigenvalue weighted by Gasteiger charge is -2.09. The van der Waals surface area contributed by atoms with E-state index in [2.05, 4.69) is 35.3 Å². The van der Waals surface area contributed by atoms with Crippen LogP contribution in [0.4, 0.5) is 0 Å². The van der Waals surface area contributed by atoms with E-state index >= 15 is 0 Å². The van der Waals surface area contributed by atoms with Crippen LogP contribution in [-0.2, 0) is 12.8 Å². The Morgan fingerprint density at radius 3 is 2.81 bits per heavy atom. The van der Waals surface area contributed by atoms with Crippen LogP contribution in [0, 0.1) is 0 Å². The van der Waals surface area contributed by atoms with Gasteiger partial charge in [0.15, 0.2) is 0 Å². The molecule has 2 aromatic heterocycles. The molecule has 4 aromatic rings. The van der Waals surface area contributed by atoms with Crippen LogP contribution in [0.1, 0.15) is 34.7 Å². The van der Waals surface area contributed by atoms with Gasteiger partial charge in [-0.3, -0.25) is 4.79 Å². The SMILES string of the molecule is O=c1[nH]c(C=Cc2cccc3ccccc23)nc2sc3c(c12)CCCC3. The largest absolute Gasteiger partial charge is 0.306 e. The molecule has 0 saturated heterocycles. The molecule has 4 heteroatoms. The Hall–Kier alpha value is -2.72. The van der Waals surface area contributed by atoms with Gasteiger partial charge in [0, 0.05) is 4.88 Å². The second-order valence-electron chi connectivity index (χ2n) is 6.74. The first-order valence-electron chi connectivity index (χ1n) is 9.00. The third-order valence-corrected chi connectivity index (χ3v) is 6.27. The molecule has 3 nitrogen and oxygen atoms in total. The summed E-state index contributed by atoms with van der Waals surface area (Å²) in [5.74, 6) is 0.619. The van der Waals surface area contributed by atoms with Gasteiger partial charge in [-0.2, -0.15) is 0 Å². The topological polar surface area (TPSA) is 45.8 Å². The number of aromatic amines is 1. The quantitative estimate of drug-likeness (QED) is 0.536. The van der Waals surface area contributed by atoms with E-state index < -0.39 is 0 Å². The summed E-state index contributed by atoms with van der Waals surface area (Å²) in [6.45, 7) is 0. The molecule has 2 aromatic carbocycles. The van der Waals surface area contributed by atoms with Crippen molar-refractivity contribution in [2.24, 2.45) is 0 Å². The van der Waals surface area contributed by atoms with E-state index in [9.17, 15) is 4.79 Å². The lowest BCUT2D eigenvalue weighted by atomic mass is 9.97. The number of aromatic nitrogens is 2. The molecule has 1 N–H and O–H groups in total.